The van der Waals surface area contributed by atoms with Gasteiger partial charge in [-0.3, -0.25) is 4.79 Å². The zero-order chi connectivity index (χ0) is 14.4. The molecule has 0 aliphatic heterocycles. The Bertz CT molecular complexity index is 572. The quantitative estimate of drug-likeness (QED) is 0.855. The van der Waals surface area contributed by atoms with Crippen LogP contribution >= 0.6 is 11.6 Å². The molecule has 1 amide bonds. The molecule has 0 fully saturated rings. The summed E-state index contributed by atoms with van der Waals surface area (Å²) in [6.45, 7) is 3.10. The van der Waals surface area contributed by atoms with Crippen LogP contribution in [0.25, 0.3) is 0 Å². The van der Waals surface area contributed by atoms with Crippen molar-refractivity contribution >= 4 is 23.3 Å². The monoisotopic (exact) mass is 294 g/mol. The van der Waals surface area contributed by atoms with Crippen LogP contribution in [0.4, 0.5) is 5.82 Å². The molecule has 6 nitrogen and oxygen atoms in total. The van der Waals surface area contributed by atoms with E-state index in [9.17, 15) is 4.79 Å². The van der Waals surface area contributed by atoms with Gasteiger partial charge in [0.15, 0.2) is 0 Å². The van der Waals surface area contributed by atoms with Crippen LogP contribution in [0.1, 0.15) is 29.5 Å². The summed E-state index contributed by atoms with van der Waals surface area (Å²) in [5, 5.41) is 9.82. The second-order valence-corrected chi connectivity index (χ2v) is 4.53. The molecule has 0 bridgehead atoms. The SMILES string of the molecule is CCCNc1ccc(Cl)c(C(=O)NCc2ccon2)n1. The third kappa shape index (κ3) is 3.71. The molecule has 20 heavy (non-hydrogen) atoms. The minimum atomic E-state index is -0.349. The fraction of sp³-hybridized carbons (Fsp3) is 0.308. The van der Waals surface area contributed by atoms with Gasteiger partial charge in [0.2, 0.25) is 0 Å². The summed E-state index contributed by atoms with van der Waals surface area (Å²) in [4.78, 5) is 16.3. The van der Waals surface area contributed by atoms with Gasteiger partial charge in [-0.2, -0.15) is 0 Å². The zero-order valence-corrected chi connectivity index (χ0v) is 11.8. The molecule has 2 aromatic rings. The third-order valence-electron chi connectivity index (χ3n) is 2.54. The summed E-state index contributed by atoms with van der Waals surface area (Å²) in [5.41, 5.74) is 0.825. The van der Waals surface area contributed by atoms with E-state index in [1.807, 2.05) is 0 Å². The molecule has 0 aromatic carbocycles. The number of nitrogens with zero attached hydrogens (tertiary/aromatic N) is 2. The van der Waals surface area contributed by atoms with Crippen LogP contribution in [-0.4, -0.2) is 22.6 Å². The molecular weight excluding hydrogens is 280 g/mol. The molecule has 0 atom stereocenters. The van der Waals surface area contributed by atoms with Gasteiger partial charge in [0.1, 0.15) is 23.5 Å². The van der Waals surface area contributed by atoms with Crippen molar-refractivity contribution in [1.82, 2.24) is 15.5 Å². The fourth-order valence-corrected chi connectivity index (χ4v) is 1.73. The Kier molecular flexibility index (Phi) is 4.95. The summed E-state index contributed by atoms with van der Waals surface area (Å²) in [7, 11) is 0. The molecular formula is C13H15ClN4O2. The number of nitrogens with one attached hydrogen (secondary N) is 2. The standard InChI is InChI=1S/C13H15ClN4O2/c1-2-6-15-11-4-3-10(14)12(17-11)13(19)16-8-9-5-7-20-18-9/h3-5,7H,2,6,8H2,1H3,(H,15,17)(H,16,19). The average Bonchev–Trinajstić information content (AvgIpc) is 2.97. The predicted octanol–water partition coefficient (Wildman–Crippen LogP) is 2.47. The lowest BCUT2D eigenvalue weighted by atomic mass is 10.3. The Balaban J connectivity index is 2.04. The smallest absolute Gasteiger partial charge is 0.271 e. The van der Waals surface area contributed by atoms with Crippen LogP contribution in [-0.2, 0) is 6.54 Å². The largest absolute Gasteiger partial charge is 0.370 e. The van der Waals surface area contributed by atoms with Crippen molar-refractivity contribution in [3.8, 4) is 0 Å². The lowest BCUT2D eigenvalue weighted by molar-refractivity contribution is 0.0945. The summed E-state index contributed by atoms with van der Waals surface area (Å²) in [6.07, 6.45) is 2.42. The van der Waals surface area contributed by atoms with Crippen LogP contribution < -0.4 is 10.6 Å². The van der Waals surface area contributed by atoms with Gasteiger partial charge in [0.05, 0.1) is 11.6 Å². The molecule has 2 aromatic heterocycles. The topological polar surface area (TPSA) is 80.0 Å². The highest BCUT2D eigenvalue weighted by Crippen LogP contribution is 2.16. The number of carbonyl (C=O) groups is 1. The Morgan fingerprint density at radius 2 is 2.25 bits per heavy atom. The van der Waals surface area contributed by atoms with Crippen molar-refractivity contribution in [2.75, 3.05) is 11.9 Å². The van der Waals surface area contributed by atoms with Crippen LogP contribution in [0.2, 0.25) is 5.02 Å². The minimum Gasteiger partial charge on any atom is -0.370 e. The van der Waals surface area contributed by atoms with Gasteiger partial charge in [-0.1, -0.05) is 23.7 Å². The molecule has 2 heterocycles. The van der Waals surface area contributed by atoms with Gasteiger partial charge < -0.3 is 15.2 Å². The molecule has 7 heteroatoms. The summed E-state index contributed by atoms with van der Waals surface area (Å²) < 4.78 is 4.69. The first kappa shape index (κ1) is 14.3. The van der Waals surface area contributed by atoms with E-state index < -0.39 is 0 Å². The van der Waals surface area contributed by atoms with Gasteiger partial charge in [-0.15, -0.1) is 0 Å². The van der Waals surface area contributed by atoms with Gasteiger partial charge in [-0.25, -0.2) is 4.98 Å². The molecule has 0 radical (unpaired) electrons. The first-order valence-electron chi connectivity index (χ1n) is 6.28. The number of pyridine rings is 1. The molecule has 0 aliphatic rings. The Morgan fingerprint density at radius 1 is 1.40 bits per heavy atom. The number of anilines is 1. The first-order chi connectivity index (χ1) is 9.70. The molecule has 0 aliphatic carbocycles. The number of aromatic nitrogens is 2. The molecule has 2 N–H and O–H groups in total. The van der Waals surface area contributed by atoms with Crippen LogP contribution in [0.5, 0.6) is 0 Å². The number of rotatable bonds is 6. The van der Waals surface area contributed by atoms with Crippen molar-refractivity contribution in [3.63, 3.8) is 0 Å². The number of halogens is 1. The summed E-state index contributed by atoms with van der Waals surface area (Å²) >= 11 is 6.00. The van der Waals surface area contributed by atoms with Gasteiger partial charge in [0, 0.05) is 12.6 Å². The van der Waals surface area contributed by atoms with E-state index in [0.717, 1.165) is 13.0 Å². The number of hydrogen-bond acceptors (Lipinski definition) is 5. The van der Waals surface area contributed by atoms with Gasteiger partial charge in [0.25, 0.3) is 5.91 Å². The molecule has 2 rings (SSSR count). The summed E-state index contributed by atoms with van der Waals surface area (Å²) in [5.74, 6) is 0.279. The molecule has 0 unspecified atom stereocenters. The fourth-order valence-electron chi connectivity index (χ4n) is 1.54. The van der Waals surface area contributed by atoms with Crippen molar-refractivity contribution in [1.29, 1.82) is 0 Å². The zero-order valence-electron chi connectivity index (χ0n) is 11.0. The van der Waals surface area contributed by atoms with Crippen LogP contribution in [0, 0.1) is 0 Å². The van der Waals surface area contributed by atoms with Crippen LogP contribution in [0.3, 0.4) is 0 Å². The number of hydrogen-bond donors (Lipinski definition) is 2. The second-order valence-electron chi connectivity index (χ2n) is 4.13. The molecule has 106 valence electrons. The second kappa shape index (κ2) is 6.91. The van der Waals surface area contributed by atoms with E-state index in [1.165, 1.54) is 6.26 Å². The molecule has 0 saturated heterocycles. The first-order valence-corrected chi connectivity index (χ1v) is 6.66. The van der Waals surface area contributed by atoms with E-state index in [4.69, 9.17) is 11.6 Å². The number of amides is 1. The molecule has 0 saturated carbocycles. The summed E-state index contributed by atoms with van der Waals surface area (Å²) in [6, 6.07) is 5.07. The Morgan fingerprint density at radius 3 is 2.95 bits per heavy atom. The average molecular weight is 295 g/mol. The maximum absolute atomic E-state index is 12.0. The maximum atomic E-state index is 12.0. The lowest BCUT2D eigenvalue weighted by Gasteiger charge is -2.08. The highest BCUT2D eigenvalue weighted by molar-refractivity contribution is 6.33. The van der Waals surface area contributed by atoms with Gasteiger partial charge >= 0.3 is 0 Å². The predicted molar refractivity (Wildman–Crippen MR) is 75.7 cm³/mol. The molecule has 0 spiro atoms. The van der Waals surface area contributed by atoms with Crippen LogP contribution in [0.15, 0.2) is 29.0 Å². The van der Waals surface area contributed by atoms with Crippen molar-refractivity contribution < 1.29 is 9.32 Å². The Labute approximate surface area is 121 Å². The van der Waals surface area contributed by atoms with Crippen molar-refractivity contribution in [3.05, 3.63) is 40.9 Å². The minimum absolute atomic E-state index is 0.191. The van der Waals surface area contributed by atoms with E-state index in [2.05, 4.69) is 32.2 Å². The highest BCUT2D eigenvalue weighted by Gasteiger charge is 2.13. The normalized spacial score (nSPS) is 10.3. The van der Waals surface area contributed by atoms with E-state index in [0.29, 0.717) is 16.5 Å². The lowest BCUT2D eigenvalue weighted by Crippen LogP contribution is -2.24. The Hall–Kier alpha value is -2.08. The van der Waals surface area contributed by atoms with Crippen molar-refractivity contribution in [2.45, 2.75) is 19.9 Å². The van der Waals surface area contributed by atoms with E-state index in [-0.39, 0.29) is 18.1 Å². The highest BCUT2D eigenvalue weighted by atomic mass is 35.5. The number of carbonyl (C=O) groups excluding carboxylic acids is 1. The van der Waals surface area contributed by atoms with Gasteiger partial charge in [-0.05, 0) is 18.6 Å². The van der Waals surface area contributed by atoms with E-state index >= 15 is 0 Å². The maximum Gasteiger partial charge on any atom is 0.271 e. The van der Waals surface area contributed by atoms with E-state index in [1.54, 1.807) is 18.2 Å². The van der Waals surface area contributed by atoms with Crippen molar-refractivity contribution in [2.24, 2.45) is 0 Å². The third-order valence-corrected chi connectivity index (χ3v) is 2.84.